The van der Waals surface area contributed by atoms with Crippen molar-refractivity contribution in [2.75, 3.05) is 25.6 Å². The molecule has 0 spiro atoms. The number of aliphatic hydroxyl groups is 7. The van der Waals surface area contributed by atoms with Crippen LogP contribution in [-0.2, 0) is 68.7 Å². The molecule has 0 radical (unpaired) electrons. The van der Waals surface area contributed by atoms with Gasteiger partial charge in [0.15, 0.2) is 12.1 Å². The lowest BCUT2D eigenvalue weighted by atomic mass is 10.0. The van der Waals surface area contributed by atoms with E-state index in [2.05, 4.69) is 43.5 Å². The van der Waals surface area contributed by atoms with Crippen LogP contribution in [0, 0.1) is 0 Å². The summed E-state index contributed by atoms with van der Waals surface area (Å²) in [7, 11) is 0. The summed E-state index contributed by atoms with van der Waals surface area (Å²) in [6, 6.07) is -15.3. The van der Waals surface area contributed by atoms with Crippen molar-refractivity contribution in [3.05, 3.63) is 30.0 Å². The zero-order chi connectivity index (χ0) is 67.0. The molecule has 13 atom stereocenters. The lowest BCUT2D eigenvalue weighted by Crippen LogP contribution is -2.66. The summed E-state index contributed by atoms with van der Waals surface area (Å²) in [5.41, 5.74) is 1.74. The Morgan fingerprint density at radius 2 is 1.36 bits per heavy atom. The lowest BCUT2D eigenvalue weighted by molar-refractivity contribution is -0.157. The number of aliphatic carboxylic acids is 2. The summed E-state index contributed by atoms with van der Waals surface area (Å²) >= 11 is 5.86. The third-order valence-electron chi connectivity index (χ3n) is 13.9. The number of carbonyl (C=O) groups is 12. The summed E-state index contributed by atoms with van der Waals surface area (Å²) in [4.78, 5) is 170. The number of unbranched alkanes of at least 4 members (excludes halogenated alkanes) is 9. The maximum absolute atomic E-state index is 14.3. The highest BCUT2D eigenvalue weighted by atomic mass is 35.5. The fourth-order valence-electron chi connectivity index (χ4n) is 8.79. The number of alkyl halides is 1. The van der Waals surface area contributed by atoms with E-state index in [4.69, 9.17) is 22.1 Å². The number of rotatable bonds is 29. The van der Waals surface area contributed by atoms with Gasteiger partial charge in [0.2, 0.25) is 47.1 Å². The molecule has 0 bridgehead atoms. The standard InChI is InChI=1S/C54H87ClN12O22/c1-4-6-7-8-9-10-11-12-13-14-16-35(70)36(71)23-38(73)59-34-26-89-52(86)41(37(72)24-55)65-50(83)42(43(76)51(84)85)66-44(77)30(5-2)60-49(82)40(28(3)69)64-47(80)32(21-29-25-57-27-58-29)62-45(78)31(17-20-68)61-46(79)33(22-39(74)75)63-53(87)54(88,18-15-19-56)67-48(34)81/h5,25,27-28,31-37,40-43,68-72,76,88H,4,6-24,26,56H2,1-3H3,(H,57,58)(H,59,73)(H,60,82)(H,61,79)(H,62,78)(H,63,87)(H,64,80)(H,65,83)(H,66,77)(H,67,81)(H,74,75)(H,84,85)/b30-5-. The van der Waals surface area contributed by atoms with Crippen LogP contribution in [0.25, 0.3) is 0 Å². The predicted octanol–water partition coefficient (Wildman–Crippen LogP) is -5.83. The zero-order valence-electron chi connectivity index (χ0n) is 49.7. The van der Waals surface area contributed by atoms with E-state index in [1.807, 2.05) is 21.3 Å². The second-order valence-corrected chi connectivity index (χ2v) is 21.5. The summed E-state index contributed by atoms with van der Waals surface area (Å²) in [6.07, 6.45) is -1.85. The smallest absolute Gasteiger partial charge is 0.335 e. The highest BCUT2D eigenvalue weighted by Gasteiger charge is 2.44. The van der Waals surface area contributed by atoms with Crippen molar-refractivity contribution >= 4 is 82.7 Å². The number of nitrogens with zero attached hydrogens (tertiary/aromatic N) is 1. The molecule has 1 aliphatic heterocycles. The van der Waals surface area contributed by atoms with Crippen molar-refractivity contribution in [3.8, 4) is 0 Å². The number of allylic oxidation sites excluding steroid dienone is 1. The molecule has 1 aliphatic rings. The summed E-state index contributed by atoms with van der Waals surface area (Å²) in [5.74, 6) is -19.9. The van der Waals surface area contributed by atoms with Crippen LogP contribution < -0.4 is 53.6 Å². The number of halogens is 1. The molecule has 2 rings (SSSR count). The topological polar surface area (TPSA) is 559 Å². The molecule has 502 valence electrons. The molecule has 0 aliphatic carbocycles. The number of esters is 1. The fourth-order valence-corrected chi connectivity index (χ4v) is 8.96. The number of carboxylic acid groups (broad SMARTS) is 2. The maximum Gasteiger partial charge on any atom is 0.335 e. The SMILES string of the molecule is C/C=C1\NC(=O)C(C(C)O)NC(=O)C(Cc2cnc[nH]2)NC(=O)C(CCO)NC(=O)C(CC(=O)O)NC(=O)C(O)(CCCN)NC(=O)C(NC(=O)CC(O)C(O)CCCCCCCCCCCC)COC(=O)C(C(O)CCl)NC(=O)C(C(O)C(=O)O)NC1=O. The van der Waals surface area contributed by atoms with Crippen LogP contribution in [-0.4, -0.2) is 231 Å². The van der Waals surface area contributed by atoms with Crippen molar-refractivity contribution in [3.63, 3.8) is 0 Å². The average Bonchev–Trinajstić information content (AvgIpc) is 1.89. The number of H-pyrrole nitrogens is 1. The number of aromatic amines is 1. The van der Waals surface area contributed by atoms with Gasteiger partial charge in [0.25, 0.3) is 11.8 Å². The normalized spacial score (nSPS) is 24.9. The first-order valence-corrected chi connectivity index (χ1v) is 29.6. The van der Waals surface area contributed by atoms with E-state index in [1.54, 1.807) is 0 Å². The predicted molar refractivity (Wildman–Crippen MR) is 309 cm³/mol. The molecule has 0 saturated carbocycles. The summed E-state index contributed by atoms with van der Waals surface area (Å²) in [6.45, 7) is 1.69. The van der Waals surface area contributed by atoms with Gasteiger partial charge < -0.3 is 109 Å². The van der Waals surface area contributed by atoms with E-state index < -0.39 is 207 Å². The van der Waals surface area contributed by atoms with Gasteiger partial charge in [-0.1, -0.05) is 77.2 Å². The number of ether oxygens (including phenoxy) is 1. The molecule has 1 aromatic rings. The number of nitrogens with one attached hydrogen (secondary N) is 10. The number of aliphatic hydroxyl groups excluding tert-OH is 6. The molecule has 1 fully saturated rings. The van der Waals surface area contributed by atoms with E-state index in [9.17, 15) is 103 Å². The molecule has 1 aromatic heterocycles. The molecular formula is C54H87ClN12O22. The van der Waals surface area contributed by atoms with Crippen LogP contribution >= 0.6 is 11.6 Å². The van der Waals surface area contributed by atoms with E-state index in [0.717, 1.165) is 71.3 Å². The molecule has 21 N–H and O–H groups in total. The van der Waals surface area contributed by atoms with Crippen molar-refractivity contribution in [2.45, 2.75) is 208 Å². The number of aromatic nitrogens is 2. The minimum Gasteiger partial charge on any atom is -0.481 e. The quantitative estimate of drug-likeness (QED) is 0.0154. The van der Waals surface area contributed by atoms with Gasteiger partial charge in [-0.3, -0.25) is 47.9 Å². The molecule has 34 nitrogen and oxygen atoms in total. The molecule has 0 aromatic carbocycles. The van der Waals surface area contributed by atoms with Gasteiger partial charge in [0, 0.05) is 31.3 Å². The Morgan fingerprint density at radius 1 is 0.764 bits per heavy atom. The maximum atomic E-state index is 14.3. The second kappa shape index (κ2) is 40.2. The number of imidazole rings is 1. The van der Waals surface area contributed by atoms with Gasteiger partial charge in [-0.05, 0) is 39.7 Å². The molecular weight excluding hydrogens is 1200 g/mol. The molecule has 13 unspecified atom stereocenters. The average molecular weight is 1290 g/mol. The largest absolute Gasteiger partial charge is 0.481 e. The summed E-state index contributed by atoms with van der Waals surface area (Å²) in [5, 5.41) is 114. The number of amides is 9. The Morgan fingerprint density at radius 3 is 1.91 bits per heavy atom. The fraction of sp³-hybridized carbons (Fsp3) is 0.685. The lowest BCUT2D eigenvalue weighted by Gasteiger charge is -2.32. The first kappa shape index (κ1) is 77.7. The van der Waals surface area contributed by atoms with Crippen molar-refractivity contribution < 1.29 is 108 Å². The number of nitrogens with two attached hydrogens (primary N) is 1. The van der Waals surface area contributed by atoms with E-state index >= 15 is 0 Å². The van der Waals surface area contributed by atoms with Gasteiger partial charge in [-0.2, -0.15) is 0 Å². The van der Waals surface area contributed by atoms with Gasteiger partial charge in [-0.15, -0.1) is 11.6 Å². The van der Waals surface area contributed by atoms with Crippen LogP contribution in [0.3, 0.4) is 0 Å². The number of carbonyl (C=O) groups excluding carboxylic acids is 10. The molecule has 2 heterocycles. The highest BCUT2D eigenvalue weighted by molar-refractivity contribution is 6.18. The Hall–Kier alpha value is -7.44. The number of cyclic esters (lactones) is 1. The third kappa shape index (κ3) is 27.1. The highest BCUT2D eigenvalue weighted by Crippen LogP contribution is 2.17. The molecule has 9 amide bonds. The molecule has 1 saturated heterocycles. The first-order valence-electron chi connectivity index (χ1n) is 29.1. The summed E-state index contributed by atoms with van der Waals surface area (Å²) < 4.78 is 5.22. The number of carboxylic acids is 2. The van der Waals surface area contributed by atoms with Crippen molar-refractivity contribution in [1.82, 2.24) is 57.8 Å². The Balaban J connectivity index is 2.81. The number of hydrogen-bond donors (Lipinski definition) is 20. The first-order chi connectivity index (χ1) is 42.1. The minimum absolute atomic E-state index is 0.0409. The third-order valence-corrected chi connectivity index (χ3v) is 14.2. The van der Waals surface area contributed by atoms with Crippen LogP contribution in [0.4, 0.5) is 0 Å². The Bertz CT molecular complexity index is 2550. The van der Waals surface area contributed by atoms with Crippen LogP contribution in [0.2, 0.25) is 0 Å². The van der Waals surface area contributed by atoms with E-state index in [1.165, 1.54) is 12.5 Å². The van der Waals surface area contributed by atoms with E-state index in [-0.39, 0.29) is 25.1 Å². The van der Waals surface area contributed by atoms with Crippen molar-refractivity contribution in [2.24, 2.45) is 5.73 Å². The van der Waals surface area contributed by atoms with Gasteiger partial charge >= 0.3 is 17.9 Å². The number of hydrogen-bond acceptors (Lipinski definition) is 22. The molecule has 89 heavy (non-hydrogen) atoms. The Kier molecular flexibility index (Phi) is 35.1. The van der Waals surface area contributed by atoms with E-state index in [0.29, 0.717) is 12.8 Å². The van der Waals surface area contributed by atoms with Gasteiger partial charge in [0.1, 0.15) is 48.6 Å². The minimum atomic E-state index is -3.26. The molecule has 35 heteroatoms. The van der Waals surface area contributed by atoms with Crippen molar-refractivity contribution in [1.29, 1.82) is 0 Å². The van der Waals surface area contributed by atoms with Crippen LogP contribution in [0.1, 0.15) is 129 Å². The second-order valence-electron chi connectivity index (χ2n) is 21.2. The van der Waals surface area contributed by atoms with Crippen LogP contribution in [0.15, 0.2) is 24.3 Å². The van der Waals surface area contributed by atoms with Crippen LogP contribution in [0.5, 0.6) is 0 Å². The monoisotopic (exact) mass is 1290 g/mol. The Labute approximate surface area is 517 Å². The van der Waals surface area contributed by atoms with Gasteiger partial charge in [0.05, 0.1) is 49.5 Å². The van der Waals surface area contributed by atoms with Gasteiger partial charge in [-0.25, -0.2) is 14.6 Å². The zero-order valence-corrected chi connectivity index (χ0v) is 50.5.